The maximum atomic E-state index is 11.9. The Hall–Kier alpha value is -2.49. The lowest BCUT2D eigenvalue weighted by atomic mass is 10.2. The number of sulfonamides is 1. The minimum Gasteiger partial charge on any atom is -0.483 e. The minimum absolute atomic E-state index is 0.0142. The monoisotopic (exact) mass is 379 g/mol. The number of anilines is 1. The zero-order chi connectivity index (χ0) is 18.4. The average Bonchev–Trinajstić information content (AvgIpc) is 2.53. The van der Waals surface area contributed by atoms with E-state index in [-0.39, 0.29) is 16.6 Å². The number of rotatable bonds is 5. The van der Waals surface area contributed by atoms with Crippen LogP contribution in [-0.4, -0.2) is 26.0 Å². The van der Waals surface area contributed by atoms with E-state index in [4.69, 9.17) is 22.1 Å². The van der Waals surface area contributed by atoms with Gasteiger partial charge in [0.25, 0.3) is 5.91 Å². The van der Waals surface area contributed by atoms with Gasteiger partial charge >= 0.3 is 0 Å². The first-order valence-electron chi connectivity index (χ1n) is 7.18. The lowest BCUT2D eigenvalue weighted by Crippen LogP contribution is -2.37. The predicted octanol–water partition coefficient (Wildman–Crippen LogP) is 1.53. The summed E-state index contributed by atoms with van der Waals surface area (Å²) < 4.78 is 27.8. The van der Waals surface area contributed by atoms with Crippen molar-refractivity contribution >= 4 is 38.9 Å². The summed E-state index contributed by atoms with van der Waals surface area (Å²) in [6.07, 6.45) is 0. The van der Waals surface area contributed by atoms with Gasteiger partial charge in [0.05, 0.1) is 4.90 Å². The molecule has 0 spiro atoms. The van der Waals surface area contributed by atoms with Crippen molar-refractivity contribution in [1.82, 2.24) is 5.32 Å². The maximum absolute atomic E-state index is 11.9. The topological polar surface area (TPSA) is 111 Å². The fraction of sp³-hybridized carbons (Fsp3) is 0.125. The van der Waals surface area contributed by atoms with Crippen LogP contribution in [0.4, 0.5) is 5.69 Å². The summed E-state index contributed by atoms with van der Waals surface area (Å²) in [5.41, 5.74) is 1.43. The van der Waals surface area contributed by atoms with E-state index in [2.05, 4.69) is 10.6 Å². The van der Waals surface area contributed by atoms with Crippen LogP contribution in [0.15, 0.2) is 53.4 Å². The van der Waals surface area contributed by atoms with Gasteiger partial charge in [0.1, 0.15) is 5.75 Å². The smallest absolute Gasteiger partial charge is 0.264 e. The van der Waals surface area contributed by atoms with Gasteiger partial charge in [-0.3, -0.25) is 10.1 Å². The molecule has 0 unspecified atom stereocenters. The third-order valence-electron chi connectivity index (χ3n) is 3.15. The lowest BCUT2D eigenvalue weighted by molar-refractivity contribution is -0.121. The predicted molar refractivity (Wildman–Crippen MR) is 98.9 cm³/mol. The first kappa shape index (κ1) is 18.8. The normalized spacial score (nSPS) is 10.8. The third kappa shape index (κ3) is 5.82. The van der Waals surface area contributed by atoms with Crippen LogP contribution >= 0.6 is 12.2 Å². The van der Waals surface area contributed by atoms with Gasteiger partial charge in [0.2, 0.25) is 10.0 Å². The van der Waals surface area contributed by atoms with Crippen molar-refractivity contribution < 1.29 is 17.9 Å². The molecule has 0 saturated carbocycles. The highest BCUT2D eigenvalue weighted by Crippen LogP contribution is 2.16. The Morgan fingerprint density at radius 3 is 2.40 bits per heavy atom. The van der Waals surface area contributed by atoms with Crippen molar-refractivity contribution in [2.45, 2.75) is 11.8 Å². The Morgan fingerprint density at radius 1 is 1.16 bits per heavy atom. The fourth-order valence-electron chi connectivity index (χ4n) is 1.91. The fourth-order valence-corrected chi connectivity index (χ4v) is 2.66. The number of thiocarbonyl (C=S) groups is 1. The van der Waals surface area contributed by atoms with Crippen molar-refractivity contribution in [3.63, 3.8) is 0 Å². The van der Waals surface area contributed by atoms with Gasteiger partial charge in [-0.2, -0.15) is 0 Å². The van der Waals surface area contributed by atoms with Crippen LogP contribution in [-0.2, 0) is 14.8 Å². The molecule has 0 aliphatic rings. The van der Waals surface area contributed by atoms with Crippen LogP contribution in [0.2, 0.25) is 0 Å². The molecule has 2 aromatic rings. The number of aryl methyl sites for hydroxylation is 1. The Kier molecular flexibility index (Phi) is 6.07. The number of hydrogen-bond acceptors (Lipinski definition) is 5. The summed E-state index contributed by atoms with van der Waals surface area (Å²) in [4.78, 5) is 11.8. The second kappa shape index (κ2) is 8.06. The van der Waals surface area contributed by atoms with Crippen LogP contribution in [0.25, 0.3) is 0 Å². The van der Waals surface area contributed by atoms with Crippen molar-refractivity contribution in [1.29, 1.82) is 0 Å². The first-order chi connectivity index (χ1) is 11.8. The zero-order valence-electron chi connectivity index (χ0n) is 13.4. The van der Waals surface area contributed by atoms with E-state index in [9.17, 15) is 13.2 Å². The molecule has 0 heterocycles. The summed E-state index contributed by atoms with van der Waals surface area (Å²) in [7, 11) is -3.75. The molecule has 0 aromatic heterocycles. The van der Waals surface area contributed by atoms with E-state index in [0.29, 0.717) is 11.4 Å². The maximum Gasteiger partial charge on any atom is 0.264 e. The Labute approximate surface area is 151 Å². The lowest BCUT2D eigenvalue weighted by Gasteiger charge is -2.11. The second-order valence-corrected chi connectivity index (χ2v) is 7.10. The Balaban J connectivity index is 1.85. The molecule has 2 aromatic carbocycles. The standard InChI is InChI=1S/C16H17N3O4S2/c1-11-4-2-3-5-14(11)23-10-15(20)19-16(24)18-12-6-8-13(9-7-12)25(17,21)22/h2-9H,10H2,1H3,(H2,17,21,22)(H2,18,19,20,24). The highest BCUT2D eigenvalue weighted by Gasteiger charge is 2.09. The van der Waals surface area contributed by atoms with Crippen LogP contribution in [0, 0.1) is 6.92 Å². The van der Waals surface area contributed by atoms with Gasteiger partial charge in [-0.15, -0.1) is 0 Å². The molecular formula is C16H17N3O4S2. The second-order valence-electron chi connectivity index (χ2n) is 5.13. The van der Waals surface area contributed by atoms with Gasteiger partial charge in [0.15, 0.2) is 11.7 Å². The molecule has 25 heavy (non-hydrogen) atoms. The van der Waals surface area contributed by atoms with Crippen LogP contribution < -0.4 is 20.5 Å². The molecule has 0 aliphatic heterocycles. The van der Waals surface area contributed by atoms with E-state index in [1.54, 1.807) is 6.07 Å². The molecule has 9 heteroatoms. The molecule has 0 aliphatic carbocycles. The van der Waals surface area contributed by atoms with Gasteiger partial charge < -0.3 is 10.1 Å². The van der Waals surface area contributed by atoms with E-state index in [1.807, 2.05) is 25.1 Å². The van der Waals surface area contributed by atoms with Crippen molar-refractivity contribution in [2.75, 3.05) is 11.9 Å². The number of carbonyl (C=O) groups excluding carboxylic acids is 1. The molecular weight excluding hydrogens is 362 g/mol. The highest BCUT2D eigenvalue weighted by molar-refractivity contribution is 7.89. The molecule has 0 saturated heterocycles. The SMILES string of the molecule is Cc1ccccc1OCC(=O)NC(=S)Nc1ccc(S(N)(=O)=O)cc1. The van der Waals surface area contributed by atoms with Crippen molar-refractivity contribution in [2.24, 2.45) is 5.14 Å². The molecule has 7 nitrogen and oxygen atoms in total. The van der Waals surface area contributed by atoms with Gasteiger partial charge in [-0.1, -0.05) is 18.2 Å². The number of primary sulfonamides is 1. The summed E-state index contributed by atoms with van der Waals surface area (Å²) in [5.74, 6) is 0.206. The van der Waals surface area contributed by atoms with Crippen LogP contribution in [0.3, 0.4) is 0 Å². The molecule has 0 bridgehead atoms. The highest BCUT2D eigenvalue weighted by atomic mass is 32.2. The van der Waals surface area contributed by atoms with E-state index in [1.165, 1.54) is 24.3 Å². The van der Waals surface area contributed by atoms with Crippen molar-refractivity contribution in [3.8, 4) is 5.75 Å². The Morgan fingerprint density at radius 2 is 1.80 bits per heavy atom. The molecule has 0 atom stereocenters. The number of amides is 1. The quantitative estimate of drug-likeness (QED) is 0.680. The molecule has 0 radical (unpaired) electrons. The first-order valence-corrected chi connectivity index (χ1v) is 9.13. The van der Waals surface area contributed by atoms with Gasteiger partial charge in [-0.05, 0) is 55.0 Å². The summed E-state index contributed by atoms with van der Waals surface area (Å²) in [6, 6.07) is 13.0. The summed E-state index contributed by atoms with van der Waals surface area (Å²) in [6.45, 7) is 1.70. The molecule has 4 N–H and O–H groups in total. The zero-order valence-corrected chi connectivity index (χ0v) is 15.0. The number of benzene rings is 2. The summed E-state index contributed by atoms with van der Waals surface area (Å²) in [5, 5.41) is 10.3. The van der Waals surface area contributed by atoms with Crippen LogP contribution in [0.1, 0.15) is 5.56 Å². The largest absolute Gasteiger partial charge is 0.483 e. The van der Waals surface area contributed by atoms with Crippen molar-refractivity contribution in [3.05, 3.63) is 54.1 Å². The number of hydrogen-bond donors (Lipinski definition) is 3. The number of nitrogens with one attached hydrogen (secondary N) is 2. The molecule has 1 amide bonds. The average molecular weight is 379 g/mol. The van der Waals surface area contributed by atoms with Gasteiger partial charge in [-0.25, -0.2) is 13.6 Å². The number of carbonyl (C=O) groups is 1. The van der Waals surface area contributed by atoms with E-state index < -0.39 is 15.9 Å². The number of nitrogens with two attached hydrogens (primary N) is 1. The molecule has 132 valence electrons. The number of ether oxygens (including phenoxy) is 1. The third-order valence-corrected chi connectivity index (χ3v) is 4.28. The van der Waals surface area contributed by atoms with Gasteiger partial charge in [0, 0.05) is 5.69 Å². The molecule has 2 rings (SSSR count). The summed E-state index contributed by atoms with van der Waals surface area (Å²) >= 11 is 5.03. The Bertz CT molecular complexity index is 881. The van der Waals surface area contributed by atoms with Crippen LogP contribution in [0.5, 0.6) is 5.75 Å². The number of para-hydroxylation sites is 1. The molecule has 0 fully saturated rings. The van der Waals surface area contributed by atoms with E-state index in [0.717, 1.165) is 5.56 Å². The van der Waals surface area contributed by atoms with E-state index >= 15 is 0 Å². The minimum atomic E-state index is -3.75.